The molecule has 0 unspecified atom stereocenters. The van der Waals surface area contributed by atoms with Crippen LogP contribution in [0, 0.1) is 5.92 Å². The summed E-state index contributed by atoms with van der Waals surface area (Å²) < 4.78 is 26.6. The van der Waals surface area contributed by atoms with Gasteiger partial charge in [-0.1, -0.05) is 6.07 Å². The van der Waals surface area contributed by atoms with E-state index >= 15 is 0 Å². The highest BCUT2D eigenvalue weighted by molar-refractivity contribution is 7.90. The molecule has 0 aliphatic heterocycles. The number of rotatable bonds is 6. The van der Waals surface area contributed by atoms with Gasteiger partial charge in [0.1, 0.15) is 0 Å². The van der Waals surface area contributed by atoms with E-state index in [0.29, 0.717) is 5.92 Å². The largest absolute Gasteiger partial charge is 0.385 e. The Balaban J connectivity index is 1.76. The minimum absolute atomic E-state index is 0.101. The summed E-state index contributed by atoms with van der Waals surface area (Å²) in [6, 6.07) is 8.11. The highest BCUT2D eigenvalue weighted by atomic mass is 32.2. The number of hydrogen-bond donors (Lipinski definition) is 3. The van der Waals surface area contributed by atoms with Gasteiger partial charge < -0.3 is 5.32 Å². The Kier molecular flexibility index (Phi) is 6.17. The minimum atomic E-state index is -3.15. The molecule has 1 aromatic rings. The maximum atomic E-state index is 11.9. The van der Waals surface area contributed by atoms with Gasteiger partial charge in [-0.05, 0) is 63.6 Å². The summed E-state index contributed by atoms with van der Waals surface area (Å²) in [6.07, 6.45) is 3.95. The Morgan fingerprint density at radius 3 is 2.50 bits per heavy atom. The maximum absolute atomic E-state index is 11.9. The first-order chi connectivity index (χ1) is 10.4. The van der Waals surface area contributed by atoms with Crippen LogP contribution in [0.5, 0.6) is 0 Å². The molecule has 0 spiro atoms. The van der Waals surface area contributed by atoms with E-state index in [9.17, 15) is 8.42 Å². The van der Waals surface area contributed by atoms with Crippen molar-refractivity contribution in [3.8, 4) is 0 Å². The van der Waals surface area contributed by atoms with E-state index in [2.05, 4.69) is 22.7 Å². The molecule has 0 radical (unpaired) electrons. The highest BCUT2D eigenvalue weighted by Gasteiger charge is 2.26. The summed E-state index contributed by atoms with van der Waals surface area (Å²) in [5.41, 5.74) is 1.09. The van der Waals surface area contributed by atoms with Gasteiger partial charge in [-0.15, -0.1) is 12.6 Å². The van der Waals surface area contributed by atoms with Crippen molar-refractivity contribution >= 4 is 28.3 Å². The van der Waals surface area contributed by atoms with Gasteiger partial charge in [0, 0.05) is 23.2 Å². The van der Waals surface area contributed by atoms with E-state index in [0.717, 1.165) is 42.8 Å². The summed E-state index contributed by atoms with van der Waals surface area (Å²) in [5.74, 6) is 0.600. The monoisotopic (exact) mass is 342 g/mol. The van der Waals surface area contributed by atoms with Crippen molar-refractivity contribution in [3.05, 3.63) is 24.3 Å². The average Bonchev–Trinajstić information content (AvgIpc) is 2.46. The van der Waals surface area contributed by atoms with E-state index in [1.165, 1.54) is 0 Å². The van der Waals surface area contributed by atoms with Gasteiger partial charge in [0.2, 0.25) is 10.0 Å². The lowest BCUT2D eigenvalue weighted by Crippen LogP contribution is -2.41. The smallest absolute Gasteiger partial charge is 0.214 e. The Morgan fingerprint density at radius 2 is 1.91 bits per heavy atom. The van der Waals surface area contributed by atoms with Crippen molar-refractivity contribution in [2.24, 2.45) is 5.92 Å². The summed E-state index contributed by atoms with van der Waals surface area (Å²) in [7, 11) is -3.15. The first-order valence-corrected chi connectivity index (χ1v) is 9.90. The van der Waals surface area contributed by atoms with Crippen LogP contribution in [0.2, 0.25) is 0 Å². The van der Waals surface area contributed by atoms with Crippen LogP contribution in [0.3, 0.4) is 0 Å². The molecule has 124 valence electrons. The average molecular weight is 343 g/mol. The molecule has 1 saturated carbocycles. The van der Waals surface area contributed by atoms with E-state index in [-0.39, 0.29) is 11.3 Å². The normalized spacial score (nSPS) is 22.7. The summed E-state index contributed by atoms with van der Waals surface area (Å²) in [6.45, 7) is 4.36. The Bertz CT molecular complexity index is 580. The zero-order valence-corrected chi connectivity index (χ0v) is 15.0. The fourth-order valence-electron chi connectivity index (χ4n) is 2.73. The second-order valence-corrected chi connectivity index (χ2v) is 9.15. The highest BCUT2D eigenvalue weighted by Crippen LogP contribution is 2.25. The zero-order valence-electron chi connectivity index (χ0n) is 13.2. The third kappa shape index (κ3) is 5.18. The number of hydrogen-bond acceptors (Lipinski definition) is 4. The van der Waals surface area contributed by atoms with Crippen molar-refractivity contribution < 1.29 is 8.42 Å². The topological polar surface area (TPSA) is 58.2 Å². The molecule has 0 saturated heterocycles. The van der Waals surface area contributed by atoms with Crippen LogP contribution in [0.25, 0.3) is 0 Å². The van der Waals surface area contributed by atoms with Gasteiger partial charge in [-0.3, -0.25) is 0 Å². The van der Waals surface area contributed by atoms with Gasteiger partial charge in [0.05, 0.1) is 5.25 Å². The lowest BCUT2D eigenvalue weighted by molar-refractivity contribution is 0.323. The second kappa shape index (κ2) is 7.70. The number of thiol groups is 1. The summed E-state index contributed by atoms with van der Waals surface area (Å²) >= 11 is 4.34. The lowest BCUT2D eigenvalue weighted by Gasteiger charge is -2.29. The van der Waals surface area contributed by atoms with Crippen LogP contribution >= 0.6 is 12.6 Å². The van der Waals surface area contributed by atoms with Gasteiger partial charge in [-0.2, -0.15) is 0 Å². The minimum Gasteiger partial charge on any atom is -0.385 e. The van der Waals surface area contributed by atoms with Crippen molar-refractivity contribution in [3.63, 3.8) is 0 Å². The molecule has 0 atom stereocenters. The third-order valence-electron chi connectivity index (χ3n) is 4.24. The molecule has 1 fully saturated rings. The molecule has 4 nitrogen and oxygen atoms in total. The first-order valence-electron chi connectivity index (χ1n) is 7.91. The van der Waals surface area contributed by atoms with E-state index in [1.54, 1.807) is 13.8 Å². The molecular formula is C16H26N2O2S2. The Labute approximate surface area is 139 Å². The zero-order chi connectivity index (χ0) is 16.2. The molecule has 6 heteroatoms. The molecular weight excluding hydrogens is 316 g/mol. The van der Waals surface area contributed by atoms with Gasteiger partial charge in [0.25, 0.3) is 0 Å². The lowest BCUT2D eigenvalue weighted by atomic mass is 9.86. The van der Waals surface area contributed by atoms with Crippen molar-refractivity contribution in [2.45, 2.75) is 55.7 Å². The van der Waals surface area contributed by atoms with Crippen LogP contribution in [0.1, 0.15) is 39.5 Å². The molecule has 0 bridgehead atoms. The van der Waals surface area contributed by atoms with E-state index in [4.69, 9.17) is 0 Å². The van der Waals surface area contributed by atoms with Gasteiger partial charge >= 0.3 is 0 Å². The quantitative estimate of drug-likeness (QED) is 0.696. The van der Waals surface area contributed by atoms with Crippen LogP contribution in [-0.2, 0) is 10.0 Å². The number of nitrogens with one attached hydrogen (secondary N) is 2. The molecule has 2 N–H and O–H groups in total. The molecule has 1 aliphatic carbocycles. The molecule has 1 aromatic carbocycles. The van der Waals surface area contributed by atoms with Gasteiger partial charge in [0.15, 0.2) is 0 Å². The van der Waals surface area contributed by atoms with Crippen LogP contribution in [0.15, 0.2) is 29.2 Å². The summed E-state index contributed by atoms with van der Waals surface area (Å²) in [4.78, 5) is 0.955. The molecule has 22 heavy (non-hydrogen) atoms. The van der Waals surface area contributed by atoms with Crippen molar-refractivity contribution in [1.29, 1.82) is 0 Å². The second-order valence-electron chi connectivity index (χ2n) is 6.36. The fraction of sp³-hybridized carbons (Fsp3) is 0.625. The SMILES string of the molecule is CC(C)S(=O)(=O)NC1CCC(CNc2cccc(S)c2)CC1. The van der Waals surface area contributed by atoms with Crippen molar-refractivity contribution in [2.75, 3.05) is 11.9 Å². The molecule has 1 aliphatic rings. The number of anilines is 1. The molecule has 0 amide bonds. The van der Waals surface area contributed by atoms with E-state index in [1.807, 2.05) is 24.3 Å². The predicted octanol–water partition coefficient (Wildman–Crippen LogP) is 3.27. The Morgan fingerprint density at radius 1 is 1.23 bits per heavy atom. The molecule has 2 rings (SSSR count). The van der Waals surface area contributed by atoms with E-state index < -0.39 is 10.0 Å². The fourth-order valence-corrected chi connectivity index (χ4v) is 3.93. The third-order valence-corrected chi connectivity index (χ3v) is 6.42. The van der Waals surface area contributed by atoms with Crippen molar-refractivity contribution in [1.82, 2.24) is 4.72 Å². The first kappa shape index (κ1) is 17.6. The van der Waals surface area contributed by atoms with Gasteiger partial charge in [-0.25, -0.2) is 13.1 Å². The Hall–Kier alpha value is -0.720. The van der Waals surface area contributed by atoms with Crippen LogP contribution in [-0.4, -0.2) is 26.3 Å². The molecule has 0 aromatic heterocycles. The molecule has 0 heterocycles. The summed E-state index contributed by atoms with van der Waals surface area (Å²) in [5, 5.41) is 3.09. The number of sulfonamides is 1. The van der Waals surface area contributed by atoms with Crippen LogP contribution < -0.4 is 10.0 Å². The maximum Gasteiger partial charge on any atom is 0.214 e. The standard InChI is InChI=1S/C16H26N2O2S2/c1-12(2)22(19,20)18-14-8-6-13(7-9-14)11-17-15-4-3-5-16(21)10-15/h3-5,10,12-14,17-18,21H,6-9,11H2,1-2H3. The number of benzene rings is 1. The van der Waals surface area contributed by atoms with Crippen LogP contribution in [0.4, 0.5) is 5.69 Å². The predicted molar refractivity (Wildman–Crippen MR) is 95.1 cm³/mol.